The fourth-order valence-electron chi connectivity index (χ4n) is 2.83. The first-order valence-electron chi connectivity index (χ1n) is 8.80. The average molecular weight is 385 g/mol. The molecular formula is C21H24FN3O3. The van der Waals surface area contributed by atoms with Crippen LogP contribution in [0.5, 0.6) is 11.5 Å². The molecule has 2 aromatic carbocycles. The van der Waals surface area contributed by atoms with E-state index < -0.39 is 0 Å². The molecule has 7 heteroatoms. The van der Waals surface area contributed by atoms with Crippen molar-refractivity contribution in [1.29, 1.82) is 5.26 Å². The van der Waals surface area contributed by atoms with E-state index in [-0.39, 0.29) is 31.2 Å². The number of ether oxygens (including phenoxy) is 2. The van der Waals surface area contributed by atoms with Gasteiger partial charge in [0, 0.05) is 30.4 Å². The van der Waals surface area contributed by atoms with Crippen LogP contribution in [0.15, 0.2) is 42.5 Å². The summed E-state index contributed by atoms with van der Waals surface area (Å²) in [5, 5.41) is 8.88. The molecule has 0 unspecified atom stereocenters. The Morgan fingerprint density at radius 2 is 1.86 bits per heavy atom. The van der Waals surface area contributed by atoms with Crippen LogP contribution in [0.2, 0.25) is 0 Å². The standard InChI is InChI=1S/C21H24FN3O3/c1-24(14-16-5-10-19(27-2)13-20(16)28-3)15-21(26)25(12-4-11-23)18-8-6-17(22)7-9-18/h5-10,13H,4,12,14-15H2,1-3H3. The first-order valence-corrected chi connectivity index (χ1v) is 8.80. The first kappa shape index (κ1) is 21.2. The number of hydrogen-bond donors (Lipinski definition) is 0. The van der Waals surface area contributed by atoms with Crippen molar-refractivity contribution < 1.29 is 18.7 Å². The fourth-order valence-corrected chi connectivity index (χ4v) is 2.83. The zero-order valence-corrected chi connectivity index (χ0v) is 16.3. The minimum absolute atomic E-state index is 0.137. The zero-order chi connectivity index (χ0) is 20.5. The van der Waals surface area contributed by atoms with E-state index in [2.05, 4.69) is 0 Å². The molecule has 0 bridgehead atoms. The SMILES string of the molecule is COc1ccc(CN(C)CC(=O)N(CCC#N)c2ccc(F)cc2)c(OC)c1. The van der Waals surface area contributed by atoms with Crippen LogP contribution in [0.4, 0.5) is 10.1 Å². The Hall–Kier alpha value is -3.11. The van der Waals surface area contributed by atoms with Crippen molar-refractivity contribution in [1.82, 2.24) is 4.90 Å². The molecule has 28 heavy (non-hydrogen) atoms. The normalized spacial score (nSPS) is 10.4. The van der Waals surface area contributed by atoms with Crippen molar-refractivity contribution in [2.24, 2.45) is 0 Å². The summed E-state index contributed by atoms with van der Waals surface area (Å²) in [4.78, 5) is 16.2. The molecule has 6 nitrogen and oxygen atoms in total. The van der Waals surface area contributed by atoms with Gasteiger partial charge in [0.15, 0.2) is 0 Å². The highest BCUT2D eigenvalue weighted by molar-refractivity contribution is 5.94. The van der Waals surface area contributed by atoms with Gasteiger partial charge in [0.25, 0.3) is 0 Å². The van der Waals surface area contributed by atoms with Gasteiger partial charge in [0.05, 0.1) is 33.3 Å². The van der Waals surface area contributed by atoms with E-state index in [1.807, 2.05) is 30.1 Å². The quantitative estimate of drug-likeness (QED) is 0.663. The maximum absolute atomic E-state index is 13.2. The number of halogens is 1. The van der Waals surface area contributed by atoms with Gasteiger partial charge in [0.1, 0.15) is 17.3 Å². The Bertz CT molecular complexity index is 834. The second-order valence-electron chi connectivity index (χ2n) is 6.28. The Balaban J connectivity index is 2.10. The van der Waals surface area contributed by atoms with Gasteiger partial charge in [-0.2, -0.15) is 5.26 Å². The minimum atomic E-state index is -0.375. The summed E-state index contributed by atoms with van der Waals surface area (Å²) < 4.78 is 23.8. The van der Waals surface area contributed by atoms with E-state index in [0.29, 0.717) is 23.7 Å². The number of methoxy groups -OCH3 is 2. The zero-order valence-electron chi connectivity index (χ0n) is 16.3. The number of carbonyl (C=O) groups excluding carboxylic acids is 1. The summed E-state index contributed by atoms with van der Waals surface area (Å²) in [7, 11) is 5.00. The van der Waals surface area contributed by atoms with E-state index in [1.54, 1.807) is 20.3 Å². The highest BCUT2D eigenvalue weighted by Crippen LogP contribution is 2.25. The maximum Gasteiger partial charge on any atom is 0.241 e. The summed E-state index contributed by atoms with van der Waals surface area (Å²) in [6.45, 7) is 0.882. The molecule has 2 rings (SSSR count). The number of carbonyl (C=O) groups is 1. The minimum Gasteiger partial charge on any atom is -0.497 e. The van der Waals surface area contributed by atoms with Crippen molar-refractivity contribution in [2.75, 3.05) is 39.3 Å². The van der Waals surface area contributed by atoms with Crippen LogP contribution in [0.25, 0.3) is 0 Å². The molecule has 1 amide bonds. The number of rotatable bonds is 9. The van der Waals surface area contributed by atoms with Gasteiger partial charge in [0.2, 0.25) is 5.91 Å². The second kappa shape index (κ2) is 10.3. The molecule has 0 saturated heterocycles. The molecule has 0 aromatic heterocycles. The lowest BCUT2D eigenvalue weighted by Crippen LogP contribution is -2.39. The molecule has 2 aromatic rings. The topological polar surface area (TPSA) is 65.8 Å². The highest BCUT2D eigenvalue weighted by atomic mass is 19.1. The Morgan fingerprint density at radius 3 is 2.46 bits per heavy atom. The Kier molecular flexibility index (Phi) is 7.78. The van der Waals surface area contributed by atoms with E-state index in [9.17, 15) is 9.18 Å². The van der Waals surface area contributed by atoms with Gasteiger partial charge in [-0.15, -0.1) is 0 Å². The van der Waals surface area contributed by atoms with Crippen molar-refractivity contribution in [3.8, 4) is 17.6 Å². The highest BCUT2D eigenvalue weighted by Gasteiger charge is 2.18. The number of benzene rings is 2. The van der Waals surface area contributed by atoms with Gasteiger partial charge in [-0.25, -0.2) is 4.39 Å². The van der Waals surface area contributed by atoms with Crippen LogP contribution >= 0.6 is 0 Å². The number of likely N-dealkylation sites (N-methyl/N-ethyl adjacent to an activating group) is 1. The van der Waals surface area contributed by atoms with Crippen LogP contribution in [-0.4, -0.2) is 45.2 Å². The molecule has 0 aliphatic rings. The number of nitriles is 1. The Labute approximate surface area is 164 Å². The third kappa shape index (κ3) is 5.69. The van der Waals surface area contributed by atoms with Crippen molar-refractivity contribution in [2.45, 2.75) is 13.0 Å². The average Bonchev–Trinajstić information content (AvgIpc) is 2.69. The van der Waals surface area contributed by atoms with E-state index in [4.69, 9.17) is 14.7 Å². The largest absolute Gasteiger partial charge is 0.497 e. The van der Waals surface area contributed by atoms with Crippen molar-refractivity contribution in [3.63, 3.8) is 0 Å². The van der Waals surface area contributed by atoms with Gasteiger partial charge in [-0.05, 0) is 37.4 Å². The summed E-state index contributed by atoms with van der Waals surface area (Å²) in [5.74, 6) is 0.828. The molecule has 0 spiro atoms. The summed E-state index contributed by atoms with van der Waals surface area (Å²) >= 11 is 0. The fraction of sp³-hybridized carbons (Fsp3) is 0.333. The third-order valence-corrected chi connectivity index (χ3v) is 4.23. The third-order valence-electron chi connectivity index (χ3n) is 4.23. The first-order chi connectivity index (χ1) is 13.5. The molecule has 0 fully saturated rings. The molecule has 0 heterocycles. The lowest BCUT2D eigenvalue weighted by molar-refractivity contribution is -0.119. The molecule has 0 N–H and O–H groups in total. The lowest BCUT2D eigenvalue weighted by atomic mass is 10.1. The number of hydrogen-bond acceptors (Lipinski definition) is 5. The van der Waals surface area contributed by atoms with Gasteiger partial charge >= 0.3 is 0 Å². The van der Waals surface area contributed by atoms with Crippen molar-refractivity contribution in [3.05, 3.63) is 53.8 Å². The van der Waals surface area contributed by atoms with Gasteiger partial charge in [-0.3, -0.25) is 9.69 Å². The molecule has 0 saturated carbocycles. The van der Waals surface area contributed by atoms with Crippen molar-refractivity contribution >= 4 is 11.6 Å². The molecular weight excluding hydrogens is 361 g/mol. The van der Waals surface area contributed by atoms with Crippen LogP contribution in [0, 0.1) is 17.1 Å². The van der Waals surface area contributed by atoms with E-state index in [0.717, 1.165) is 5.56 Å². The van der Waals surface area contributed by atoms with E-state index >= 15 is 0 Å². The predicted molar refractivity (Wildman–Crippen MR) is 105 cm³/mol. The van der Waals surface area contributed by atoms with Crippen LogP contribution < -0.4 is 14.4 Å². The molecule has 0 aliphatic carbocycles. The van der Waals surface area contributed by atoms with E-state index in [1.165, 1.54) is 29.2 Å². The van der Waals surface area contributed by atoms with Gasteiger partial charge < -0.3 is 14.4 Å². The summed E-state index contributed by atoms with van der Waals surface area (Å²) in [6.07, 6.45) is 0.194. The summed E-state index contributed by atoms with van der Waals surface area (Å²) in [5.41, 5.74) is 1.49. The van der Waals surface area contributed by atoms with Crippen LogP contribution in [0.3, 0.4) is 0 Å². The van der Waals surface area contributed by atoms with Gasteiger partial charge in [-0.1, -0.05) is 6.07 Å². The molecule has 0 aliphatic heterocycles. The molecule has 0 radical (unpaired) electrons. The monoisotopic (exact) mass is 385 g/mol. The van der Waals surface area contributed by atoms with Crippen LogP contribution in [-0.2, 0) is 11.3 Å². The lowest BCUT2D eigenvalue weighted by Gasteiger charge is -2.25. The van der Waals surface area contributed by atoms with Crippen LogP contribution in [0.1, 0.15) is 12.0 Å². The number of nitrogens with zero attached hydrogens (tertiary/aromatic N) is 3. The predicted octanol–water partition coefficient (Wildman–Crippen LogP) is 3.22. The summed E-state index contributed by atoms with van der Waals surface area (Å²) in [6, 6.07) is 13.2. The molecule has 0 atom stereocenters. The second-order valence-corrected chi connectivity index (χ2v) is 6.28. The number of amides is 1. The smallest absolute Gasteiger partial charge is 0.241 e. The maximum atomic E-state index is 13.2. The number of anilines is 1. The Morgan fingerprint density at radius 1 is 1.14 bits per heavy atom. The molecule has 148 valence electrons.